The molecule has 0 aromatic heterocycles. The summed E-state index contributed by atoms with van der Waals surface area (Å²) < 4.78 is 24.2. The van der Waals surface area contributed by atoms with Crippen molar-refractivity contribution in [2.75, 3.05) is 7.11 Å². The van der Waals surface area contributed by atoms with Gasteiger partial charge in [0, 0.05) is 18.3 Å². The minimum atomic E-state index is -1.03. The summed E-state index contributed by atoms with van der Waals surface area (Å²) in [7, 11) is 1.46. The van der Waals surface area contributed by atoms with Crippen LogP contribution in [0.1, 0.15) is 62.4 Å². The molecule has 4 saturated heterocycles. The Hall–Kier alpha value is -1.71. The van der Waals surface area contributed by atoms with Gasteiger partial charge in [0.05, 0.1) is 13.7 Å². The number of methoxy groups -OCH3 is 1. The normalized spacial score (nSPS) is 42.8. The fourth-order valence-electron chi connectivity index (χ4n) is 6.24. The molecule has 5 aliphatic rings. The number of carboxylic acid groups (broad SMARTS) is 1. The van der Waals surface area contributed by atoms with Crippen molar-refractivity contribution in [3.05, 3.63) is 29.3 Å². The molecule has 8 atom stereocenters. The van der Waals surface area contributed by atoms with E-state index in [9.17, 15) is 9.90 Å². The van der Waals surface area contributed by atoms with Gasteiger partial charge < -0.3 is 24.1 Å². The fourth-order valence-corrected chi connectivity index (χ4v) is 6.24. The lowest BCUT2D eigenvalue weighted by atomic mass is 9.58. The third kappa shape index (κ3) is 3.35. The Morgan fingerprint density at radius 1 is 1.19 bits per heavy atom. The number of carbonyl (C=O) groups is 1. The van der Waals surface area contributed by atoms with E-state index in [0.29, 0.717) is 17.6 Å². The zero-order chi connectivity index (χ0) is 22.7. The molecule has 8 heteroatoms. The Morgan fingerprint density at radius 2 is 2.00 bits per heavy atom. The molecule has 1 saturated carbocycles. The summed E-state index contributed by atoms with van der Waals surface area (Å²) in [6, 6.07) is 4.97. The van der Waals surface area contributed by atoms with Crippen LogP contribution in [0.15, 0.2) is 18.2 Å². The molecule has 1 aromatic carbocycles. The maximum Gasteiger partial charge on any atom is 0.339 e. The first-order valence-electron chi connectivity index (χ1n) is 11.5. The van der Waals surface area contributed by atoms with Gasteiger partial charge in [-0.15, -0.1) is 0 Å². The molecule has 4 aliphatic heterocycles. The number of aromatic carboxylic acids is 1. The van der Waals surface area contributed by atoms with Crippen molar-refractivity contribution in [2.24, 2.45) is 23.7 Å². The van der Waals surface area contributed by atoms with Gasteiger partial charge in [0.25, 0.3) is 0 Å². The van der Waals surface area contributed by atoms with Crippen molar-refractivity contribution in [1.82, 2.24) is 0 Å². The number of fused-ring (bicyclic) bond motifs is 2. The minimum Gasteiger partial charge on any atom is -0.496 e. The zero-order valence-corrected chi connectivity index (χ0v) is 19.0. The summed E-state index contributed by atoms with van der Waals surface area (Å²) in [5, 5.41) is 9.30. The SMILES string of the molecule is COc1cc(CO[C@@H]2O[C@@H]3O[C@@]4(C)CC[C@H]5[C@H](C)CC[C@@H]([C@H]2C)[C@@]35OO4)ccc1C(=O)O. The first-order valence-corrected chi connectivity index (χ1v) is 11.5. The van der Waals surface area contributed by atoms with E-state index in [1.165, 1.54) is 13.2 Å². The smallest absolute Gasteiger partial charge is 0.339 e. The molecule has 0 unspecified atom stereocenters. The fraction of sp³-hybridized carbons (Fsp3) is 0.708. The van der Waals surface area contributed by atoms with Crippen LogP contribution >= 0.6 is 0 Å². The third-order valence-electron chi connectivity index (χ3n) is 8.01. The molecular formula is C24H32O8. The second-order valence-corrected chi connectivity index (χ2v) is 9.92. The van der Waals surface area contributed by atoms with E-state index in [2.05, 4.69) is 13.8 Å². The molecule has 0 amide bonds. The van der Waals surface area contributed by atoms with E-state index in [1.807, 2.05) is 6.92 Å². The highest BCUT2D eigenvalue weighted by Gasteiger charge is 2.69. The van der Waals surface area contributed by atoms with Gasteiger partial charge in [0.2, 0.25) is 5.79 Å². The van der Waals surface area contributed by atoms with Gasteiger partial charge in [0.1, 0.15) is 11.3 Å². The monoisotopic (exact) mass is 448 g/mol. The molecule has 1 N–H and O–H groups in total. The number of carboxylic acids is 1. The van der Waals surface area contributed by atoms with Crippen LogP contribution in [0.4, 0.5) is 0 Å². The van der Waals surface area contributed by atoms with E-state index < -0.39 is 29.9 Å². The molecule has 32 heavy (non-hydrogen) atoms. The Bertz CT molecular complexity index is 889. The highest BCUT2D eigenvalue weighted by atomic mass is 17.3. The average molecular weight is 449 g/mol. The maximum atomic E-state index is 11.3. The van der Waals surface area contributed by atoms with Crippen molar-refractivity contribution < 1.29 is 38.6 Å². The molecular weight excluding hydrogens is 416 g/mol. The summed E-state index contributed by atoms with van der Waals surface area (Å²) in [6.45, 7) is 6.61. The second kappa shape index (κ2) is 7.95. The van der Waals surface area contributed by atoms with Crippen molar-refractivity contribution in [1.29, 1.82) is 0 Å². The molecule has 4 heterocycles. The van der Waals surface area contributed by atoms with E-state index in [-0.39, 0.29) is 24.0 Å². The summed E-state index contributed by atoms with van der Waals surface area (Å²) in [4.78, 5) is 23.3. The van der Waals surface area contributed by atoms with Crippen LogP contribution in [0.5, 0.6) is 5.75 Å². The van der Waals surface area contributed by atoms with Gasteiger partial charge in [-0.05, 0) is 55.7 Å². The number of ether oxygens (including phenoxy) is 4. The van der Waals surface area contributed by atoms with Crippen LogP contribution in [-0.4, -0.2) is 42.2 Å². The van der Waals surface area contributed by atoms with Crippen LogP contribution in [0, 0.1) is 23.7 Å². The van der Waals surface area contributed by atoms with E-state index in [0.717, 1.165) is 31.2 Å². The molecule has 8 nitrogen and oxygen atoms in total. The van der Waals surface area contributed by atoms with Gasteiger partial charge in [-0.25, -0.2) is 14.6 Å². The number of hydrogen-bond donors (Lipinski definition) is 1. The van der Waals surface area contributed by atoms with Crippen LogP contribution in [-0.2, 0) is 30.6 Å². The van der Waals surface area contributed by atoms with E-state index in [4.69, 9.17) is 28.7 Å². The Balaban J connectivity index is 1.37. The van der Waals surface area contributed by atoms with Gasteiger partial charge in [-0.1, -0.05) is 19.9 Å². The van der Waals surface area contributed by atoms with E-state index in [1.54, 1.807) is 12.1 Å². The molecule has 176 valence electrons. The molecule has 1 aliphatic carbocycles. The first kappa shape index (κ1) is 22.1. The Kier molecular flexibility index (Phi) is 5.49. The second-order valence-electron chi connectivity index (χ2n) is 9.92. The topological polar surface area (TPSA) is 92.7 Å². The summed E-state index contributed by atoms with van der Waals surface area (Å²) in [5.41, 5.74) is 0.323. The number of rotatable bonds is 5. The predicted octanol–water partition coefficient (Wildman–Crippen LogP) is 4.12. The van der Waals surface area contributed by atoms with Crippen molar-refractivity contribution in [3.63, 3.8) is 0 Å². The maximum absolute atomic E-state index is 11.3. The standard InChI is InChI=1S/C24H32O8/c1-13-5-8-18-14(2)21(28-12-15-6-7-16(20(25)26)19(11-15)27-4)29-22-24(18)17(13)9-10-23(3,30-22)31-32-24/h6-7,11,13-14,17-18,21-22H,5,8-10,12H2,1-4H3,(H,25,26)/t13-,14-,17+,18+,21-,22-,23-,24-/m1/s1. The van der Waals surface area contributed by atoms with Crippen LogP contribution in [0.2, 0.25) is 0 Å². The Morgan fingerprint density at radius 3 is 2.75 bits per heavy atom. The lowest BCUT2D eigenvalue weighted by Crippen LogP contribution is -2.70. The number of benzene rings is 1. The third-order valence-corrected chi connectivity index (χ3v) is 8.01. The molecule has 5 fully saturated rings. The highest BCUT2D eigenvalue weighted by Crippen LogP contribution is 2.60. The lowest BCUT2D eigenvalue weighted by molar-refractivity contribution is -0.577. The van der Waals surface area contributed by atoms with Crippen molar-refractivity contribution in [3.8, 4) is 5.75 Å². The summed E-state index contributed by atoms with van der Waals surface area (Å²) in [6.07, 6.45) is 2.87. The predicted molar refractivity (Wildman–Crippen MR) is 112 cm³/mol. The molecule has 6 rings (SSSR count). The van der Waals surface area contributed by atoms with Crippen LogP contribution in [0.25, 0.3) is 0 Å². The Labute approximate surface area is 188 Å². The van der Waals surface area contributed by atoms with Gasteiger partial charge in [-0.2, -0.15) is 0 Å². The van der Waals surface area contributed by atoms with Gasteiger partial charge in [0.15, 0.2) is 18.2 Å². The number of hydrogen-bond acceptors (Lipinski definition) is 7. The average Bonchev–Trinajstić information content (AvgIpc) is 3.00. The van der Waals surface area contributed by atoms with Gasteiger partial charge in [-0.3, -0.25) is 0 Å². The van der Waals surface area contributed by atoms with E-state index >= 15 is 0 Å². The molecule has 0 radical (unpaired) electrons. The first-order chi connectivity index (χ1) is 15.3. The van der Waals surface area contributed by atoms with Crippen molar-refractivity contribution in [2.45, 2.75) is 77.0 Å². The zero-order valence-electron chi connectivity index (χ0n) is 19.0. The largest absolute Gasteiger partial charge is 0.496 e. The molecule has 1 spiro atoms. The quantitative estimate of drug-likeness (QED) is 0.673. The van der Waals surface area contributed by atoms with Gasteiger partial charge >= 0.3 is 5.97 Å². The highest BCUT2D eigenvalue weighted by molar-refractivity contribution is 5.90. The van der Waals surface area contributed by atoms with Crippen molar-refractivity contribution >= 4 is 5.97 Å². The summed E-state index contributed by atoms with van der Waals surface area (Å²) >= 11 is 0. The minimum absolute atomic E-state index is 0.0797. The lowest BCUT2D eigenvalue weighted by Gasteiger charge is -2.60. The molecule has 2 bridgehead atoms. The van der Waals surface area contributed by atoms with Crippen LogP contribution < -0.4 is 4.74 Å². The molecule has 1 aromatic rings. The summed E-state index contributed by atoms with van der Waals surface area (Å²) in [5.74, 6) is -0.442. The van der Waals surface area contributed by atoms with Crippen LogP contribution in [0.3, 0.4) is 0 Å².